The zero-order chi connectivity index (χ0) is 12.3. The largest absolute Gasteiger partial charge is 0.355 e. The van der Waals surface area contributed by atoms with E-state index >= 15 is 0 Å². The second kappa shape index (κ2) is 4.95. The van der Waals surface area contributed by atoms with Crippen LogP contribution in [-0.4, -0.2) is 18.4 Å². The third kappa shape index (κ3) is 2.81. The maximum atomic E-state index is 12.6. The molecule has 17 heavy (non-hydrogen) atoms. The van der Waals surface area contributed by atoms with E-state index in [4.69, 9.17) is 0 Å². The van der Waals surface area contributed by atoms with Gasteiger partial charge in [0.15, 0.2) is 0 Å². The van der Waals surface area contributed by atoms with Crippen LogP contribution in [0, 0.1) is 11.7 Å². The molecule has 1 atom stereocenters. The lowest BCUT2D eigenvalue weighted by molar-refractivity contribution is -0.133. The van der Waals surface area contributed by atoms with Crippen molar-refractivity contribution in [1.82, 2.24) is 10.6 Å². The Morgan fingerprint density at radius 3 is 2.71 bits per heavy atom. The Morgan fingerprint density at radius 1 is 1.41 bits per heavy atom. The summed E-state index contributed by atoms with van der Waals surface area (Å²) in [5.41, 5.74) is 0.804. The molecule has 0 saturated carbocycles. The molecule has 1 aromatic carbocycles. The highest BCUT2D eigenvalue weighted by Gasteiger charge is 2.30. The summed E-state index contributed by atoms with van der Waals surface area (Å²) in [4.78, 5) is 22.9. The molecular formula is C12H13FN2O2. The van der Waals surface area contributed by atoms with Crippen molar-refractivity contribution in [3.05, 3.63) is 35.6 Å². The molecule has 1 aromatic rings. The van der Waals surface area contributed by atoms with Crippen molar-refractivity contribution in [2.24, 2.45) is 5.92 Å². The highest BCUT2D eigenvalue weighted by Crippen LogP contribution is 2.09. The van der Waals surface area contributed by atoms with E-state index in [1.54, 1.807) is 12.1 Å². The monoisotopic (exact) mass is 236 g/mol. The van der Waals surface area contributed by atoms with E-state index in [0.717, 1.165) is 5.56 Å². The molecule has 2 amide bonds. The number of nitrogens with one attached hydrogen (secondary N) is 2. The van der Waals surface area contributed by atoms with Gasteiger partial charge in [-0.1, -0.05) is 12.1 Å². The van der Waals surface area contributed by atoms with Gasteiger partial charge in [0.25, 0.3) is 0 Å². The summed E-state index contributed by atoms with van der Waals surface area (Å²) in [7, 11) is 0. The number of halogens is 1. The van der Waals surface area contributed by atoms with Gasteiger partial charge in [-0.05, 0) is 24.1 Å². The molecule has 2 rings (SSSR count). The van der Waals surface area contributed by atoms with Crippen LogP contribution < -0.4 is 10.6 Å². The molecule has 90 valence electrons. The molecule has 0 radical (unpaired) electrons. The molecule has 1 aliphatic rings. The summed E-state index contributed by atoms with van der Waals surface area (Å²) < 4.78 is 12.6. The zero-order valence-corrected chi connectivity index (χ0v) is 9.20. The minimum atomic E-state index is -0.588. The van der Waals surface area contributed by atoms with Crippen molar-refractivity contribution in [1.29, 1.82) is 0 Å². The average Bonchev–Trinajstić information content (AvgIpc) is 2.74. The predicted molar refractivity (Wildman–Crippen MR) is 59.4 cm³/mol. The van der Waals surface area contributed by atoms with E-state index in [2.05, 4.69) is 10.6 Å². The van der Waals surface area contributed by atoms with E-state index in [9.17, 15) is 14.0 Å². The number of hydrogen-bond donors (Lipinski definition) is 2. The number of hydrogen-bond acceptors (Lipinski definition) is 2. The number of amides is 2. The minimum absolute atomic E-state index is 0.221. The molecule has 0 bridgehead atoms. The van der Waals surface area contributed by atoms with Gasteiger partial charge in [-0.2, -0.15) is 0 Å². The molecule has 0 aromatic heterocycles. The second-order valence-corrected chi connectivity index (χ2v) is 3.98. The Balaban J connectivity index is 1.87. The maximum absolute atomic E-state index is 12.6. The molecule has 5 heteroatoms. The topological polar surface area (TPSA) is 58.2 Å². The number of carbonyl (C=O) groups excluding carboxylic acids is 2. The van der Waals surface area contributed by atoms with Gasteiger partial charge in [0.05, 0.1) is 0 Å². The number of carbonyl (C=O) groups is 2. The lowest BCUT2D eigenvalue weighted by Gasteiger charge is -2.08. The summed E-state index contributed by atoms with van der Waals surface area (Å²) in [5.74, 6) is -1.39. The Bertz CT molecular complexity index is 431. The molecule has 4 nitrogen and oxygen atoms in total. The third-order valence-corrected chi connectivity index (χ3v) is 2.75. The molecule has 1 fully saturated rings. The summed E-state index contributed by atoms with van der Waals surface area (Å²) in [5, 5.41) is 5.28. The van der Waals surface area contributed by atoms with Crippen molar-refractivity contribution < 1.29 is 14.0 Å². The minimum Gasteiger partial charge on any atom is -0.355 e. The first-order valence-electron chi connectivity index (χ1n) is 5.46. The quantitative estimate of drug-likeness (QED) is 0.754. The highest BCUT2D eigenvalue weighted by molar-refractivity contribution is 6.01. The molecule has 1 heterocycles. The van der Waals surface area contributed by atoms with Gasteiger partial charge in [0.2, 0.25) is 11.8 Å². The van der Waals surface area contributed by atoms with Crippen LogP contribution in [0.3, 0.4) is 0 Å². The van der Waals surface area contributed by atoms with Gasteiger partial charge in [0.1, 0.15) is 11.7 Å². The van der Waals surface area contributed by atoms with Gasteiger partial charge >= 0.3 is 0 Å². The van der Waals surface area contributed by atoms with Crippen LogP contribution in [0.4, 0.5) is 4.39 Å². The SMILES string of the molecule is O=C1NCCC1C(=O)NCc1ccc(F)cc1. The maximum Gasteiger partial charge on any atom is 0.232 e. The first-order valence-corrected chi connectivity index (χ1v) is 5.46. The van der Waals surface area contributed by atoms with Crippen LogP contribution in [0.2, 0.25) is 0 Å². The van der Waals surface area contributed by atoms with E-state index < -0.39 is 5.92 Å². The molecule has 0 aliphatic carbocycles. The van der Waals surface area contributed by atoms with Crippen molar-refractivity contribution in [3.63, 3.8) is 0 Å². The number of benzene rings is 1. The zero-order valence-electron chi connectivity index (χ0n) is 9.20. The van der Waals surface area contributed by atoms with Crippen LogP contribution in [0.15, 0.2) is 24.3 Å². The first-order chi connectivity index (χ1) is 8.16. The Morgan fingerprint density at radius 2 is 2.12 bits per heavy atom. The normalized spacial score (nSPS) is 18.9. The van der Waals surface area contributed by atoms with Crippen LogP contribution in [0.25, 0.3) is 0 Å². The third-order valence-electron chi connectivity index (χ3n) is 2.75. The fraction of sp³-hybridized carbons (Fsp3) is 0.333. The fourth-order valence-corrected chi connectivity index (χ4v) is 1.76. The van der Waals surface area contributed by atoms with Crippen LogP contribution in [0.1, 0.15) is 12.0 Å². The van der Waals surface area contributed by atoms with E-state index in [-0.39, 0.29) is 17.6 Å². The average molecular weight is 236 g/mol. The number of rotatable bonds is 3. The molecule has 1 saturated heterocycles. The van der Waals surface area contributed by atoms with Crippen LogP contribution >= 0.6 is 0 Å². The summed E-state index contributed by atoms with van der Waals surface area (Å²) >= 11 is 0. The summed E-state index contributed by atoms with van der Waals surface area (Å²) in [6.07, 6.45) is 0.536. The lowest BCUT2D eigenvalue weighted by atomic mass is 10.1. The van der Waals surface area contributed by atoms with E-state index in [0.29, 0.717) is 19.5 Å². The standard InChI is InChI=1S/C12H13FN2O2/c13-9-3-1-8(2-4-9)7-15-12(17)10-5-6-14-11(10)16/h1-4,10H,5-7H2,(H,14,16)(H,15,17). The Hall–Kier alpha value is -1.91. The predicted octanol–water partition coefficient (Wildman–Crippen LogP) is 0.578. The lowest BCUT2D eigenvalue weighted by Crippen LogP contribution is -2.34. The second-order valence-electron chi connectivity index (χ2n) is 3.98. The summed E-state index contributed by atoms with van der Waals surface area (Å²) in [6, 6.07) is 5.88. The molecule has 1 aliphatic heterocycles. The molecule has 2 N–H and O–H groups in total. The van der Waals surface area contributed by atoms with Gasteiger partial charge in [-0.25, -0.2) is 4.39 Å². The molecule has 0 spiro atoms. The van der Waals surface area contributed by atoms with Crippen molar-refractivity contribution in [3.8, 4) is 0 Å². The van der Waals surface area contributed by atoms with Gasteiger partial charge < -0.3 is 10.6 Å². The van der Waals surface area contributed by atoms with Crippen molar-refractivity contribution >= 4 is 11.8 Å². The smallest absolute Gasteiger partial charge is 0.232 e. The van der Waals surface area contributed by atoms with Gasteiger partial charge in [0, 0.05) is 13.1 Å². The fourth-order valence-electron chi connectivity index (χ4n) is 1.76. The summed E-state index contributed by atoms with van der Waals surface area (Å²) in [6.45, 7) is 0.858. The molecular weight excluding hydrogens is 223 g/mol. The van der Waals surface area contributed by atoms with Crippen molar-refractivity contribution in [2.45, 2.75) is 13.0 Å². The van der Waals surface area contributed by atoms with Crippen LogP contribution in [-0.2, 0) is 16.1 Å². The van der Waals surface area contributed by atoms with Gasteiger partial charge in [-0.3, -0.25) is 9.59 Å². The highest BCUT2D eigenvalue weighted by atomic mass is 19.1. The van der Waals surface area contributed by atoms with E-state index in [1.807, 2.05) is 0 Å². The first kappa shape index (κ1) is 11.6. The van der Waals surface area contributed by atoms with Crippen molar-refractivity contribution in [2.75, 3.05) is 6.54 Å². The molecule has 1 unspecified atom stereocenters. The Labute approximate surface area is 98.2 Å². The van der Waals surface area contributed by atoms with Crippen LogP contribution in [0.5, 0.6) is 0 Å². The van der Waals surface area contributed by atoms with E-state index in [1.165, 1.54) is 12.1 Å². The van der Waals surface area contributed by atoms with Gasteiger partial charge in [-0.15, -0.1) is 0 Å². The Kier molecular flexibility index (Phi) is 3.37.